The van der Waals surface area contributed by atoms with Gasteiger partial charge in [-0.05, 0) is 12.8 Å². The molecule has 0 bridgehead atoms. The summed E-state index contributed by atoms with van der Waals surface area (Å²) in [7, 11) is 0. The summed E-state index contributed by atoms with van der Waals surface area (Å²) in [6, 6.07) is 0.264. The average Bonchev–Trinajstić information content (AvgIpc) is 3.06. The zero-order valence-electron chi connectivity index (χ0n) is 9.97. The van der Waals surface area contributed by atoms with E-state index in [1.165, 1.54) is 0 Å². The molecule has 1 saturated carbocycles. The van der Waals surface area contributed by atoms with Crippen molar-refractivity contribution in [3.8, 4) is 0 Å². The van der Waals surface area contributed by atoms with Crippen LogP contribution in [0.5, 0.6) is 0 Å². The number of nitrogens with one attached hydrogen (secondary N) is 2. The molecule has 6 heteroatoms. The molecule has 2 aromatic rings. The third kappa shape index (κ3) is 2.01. The van der Waals surface area contributed by atoms with E-state index in [0.29, 0.717) is 18.6 Å². The van der Waals surface area contributed by atoms with Crippen LogP contribution in [0.3, 0.4) is 0 Å². The van der Waals surface area contributed by atoms with Gasteiger partial charge in [-0.15, -0.1) is 0 Å². The number of carbonyl (C=O) groups excluding carboxylic acids is 1. The summed E-state index contributed by atoms with van der Waals surface area (Å²) in [4.78, 5) is 28.2. The highest BCUT2D eigenvalue weighted by Crippen LogP contribution is 2.28. The molecule has 18 heavy (non-hydrogen) atoms. The fraction of sp³-hybridized carbons (Fsp3) is 0.417. The molecule has 1 aliphatic rings. The molecule has 0 spiro atoms. The molecule has 2 aromatic heterocycles. The Kier molecular flexibility index (Phi) is 2.84. The first-order chi connectivity index (χ1) is 8.84. The highest BCUT2D eigenvalue weighted by Gasteiger charge is 2.28. The van der Waals surface area contributed by atoms with Crippen molar-refractivity contribution in [2.24, 2.45) is 0 Å². The maximum atomic E-state index is 11.3. The summed E-state index contributed by atoms with van der Waals surface area (Å²) in [6.45, 7) is 0. The van der Waals surface area contributed by atoms with Crippen LogP contribution < -0.4 is 4.90 Å². The minimum Gasteiger partial charge on any atom is -0.331 e. The Labute approximate surface area is 104 Å². The van der Waals surface area contributed by atoms with E-state index in [-0.39, 0.29) is 6.04 Å². The first-order valence-corrected chi connectivity index (χ1v) is 6.14. The van der Waals surface area contributed by atoms with Gasteiger partial charge < -0.3 is 9.97 Å². The molecule has 0 aromatic carbocycles. The Morgan fingerprint density at radius 3 is 2.06 bits per heavy atom. The molecular weight excluding hydrogens is 230 g/mol. The van der Waals surface area contributed by atoms with Crippen LogP contribution in [-0.2, 0) is 4.79 Å². The Hall–Kier alpha value is -2.11. The van der Waals surface area contributed by atoms with E-state index >= 15 is 0 Å². The molecule has 1 aliphatic carbocycles. The summed E-state index contributed by atoms with van der Waals surface area (Å²) in [5.41, 5.74) is 0. The maximum absolute atomic E-state index is 11.3. The third-order valence-corrected chi connectivity index (χ3v) is 3.30. The Balaban J connectivity index is 1.88. The number of rotatable bonds is 3. The van der Waals surface area contributed by atoms with Crippen LogP contribution in [0.4, 0.5) is 11.9 Å². The second kappa shape index (κ2) is 4.64. The van der Waals surface area contributed by atoms with Crippen molar-refractivity contribution in [1.29, 1.82) is 0 Å². The molecule has 1 fully saturated rings. The Morgan fingerprint density at radius 1 is 1.06 bits per heavy atom. The van der Waals surface area contributed by atoms with Crippen molar-refractivity contribution in [2.75, 3.05) is 4.90 Å². The van der Waals surface area contributed by atoms with Crippen LogP contribution in [-0.4, -0.2) is 31.8 Å². The number of hydrogen-bond acceptors (Lipinski definition) is 4. The predicted molar refractivity (Wildman–Crippen MR) is 66.6 cm³/mol. The number of ketones is 1. The molecule has 2 N–H and O–H groups in total. The summed E-state index contributed by atoms with van der Waals surface area (Å²) in [6.07, 6.45) is 10.0. The van der Waals surface area contributed by atoms with E-state index < -0.39 is 0 Å². The van der Waals surface area contributed by atoms with Crippen molar-refractivity contribution in [1.82, 2.24) is 19.9 Å². The minimum absolute atomic E-state index is 0.264. The molecule has 3 rings (SSSR count). The van der Waals surface area contributed by atoms with Gasteiger partial charge in [0.25, 0.3) is 0 Å². The van der Waals surface area contributed by atoms with E-state index in [1.54, 1.807) is 24.8 Å². The Morgan fingerprint density at radius 2 is 1.61 bits per heavy atom. The number of hydrogen-bond donors (Lipinski definition) is 2. The lowest BCUT2D eigenvalue weighted by Gasteiger charge is -2.31. The molecule has 0 saturated heterocycles. The number of anilines is 2. The standard InChI is InChI=1S/C12H15N5O/c18-10-3-1-9(2-4-10)17(11-13-5-6-14-11)12-15-7-8-16-12/h5-9H,1-4H2,(H,13,14)(H,15,16). The van der Waals surface area contributed by atoms with Crippen molar-refractivity contribution in [3.05, 3.63) is 24.8 Å². The molecule has 0 atom stereocenters. The summed E-state index contributed by atoms with van der Waals surface area (Å²) in [5.74, 6) is 1.89. The summed E-state index contributed by atoms with van der Waals surface area (Å²) < 4.78 is 0. The van der Waals surface area contributed by atoms with Gasteiger partial charge in [0.2, 0.25) is 11.9 Å². The normalized spacial score (nSPS) is 17.0. The van der Waals surface area contributed by atoms with Gasteiger partial charge in [0, 0.05) is 43.7 Å². The number of H-pyrrole nitrogens is 2. The summed E-state index contributed by atoms with van der Waals surface area (Å²) >= 11 is 0. The van der Waals surface area contributed by atoms with Gasteiger partial charge in [0.05, 0.1) is 0 Å². The fourth-order valence-electron chi connectivity index (χ4n) is 2.41. The molecule has 0 radical (unpaired) electrons. The lowest BCUT2D eigenvalue weighted by Crippen LogP contribution is -2.36. The lowest BCUT2D eigenvalue weighted by atomic mass is 9.93. The first kappa shape index (κ1) is 11.0. The first-order valence-electron chi connectivity index (χ1n) is 6.14. The maximum Gasteiger partial charge on any atom is 0.209 e. The van der Waals surface area contributed by atoms with Crippen LogP contribution >= 0.6 is 0 Å². The van der Waals surface area contributed by atoms with E-state index in [1.807, 2.05) is 4.90 Å². The number of aromatic nitrogens is 4. The lowest BCUT2D eigenvalue weighted by molar-refractivity contribution is -0.120. The zero-order chi connectivity index (χ0) is 12.4. The highest BCUT2D eigenvalue weighted by atomic mass is 16.1. The molecule has 0 aliphatic heterocycles. The summed E-state index contributed by atoms with van der Waals surface area (Å²) in [5, 5.41) is 0. The van der Waals surface area contributed by atoms with Gasteiger partial charge >= 0.3 is 0 Å². The van der Waals surface area contributed by atoms with Gasteiger partial charge in [0.15, 0.2) is 0 Å². The second-order valence-corrected chi connectivity index (χ2v) is 4.47. The van der Waals surface area contributed by atoms with Crippen LogP contribution in [0.15, 0.2) is 24.8 Å². The van der Waals surface area contributed by atoms with Gasteiger partial charge in [-0.3, -0.25) is 9.69 Å². The van der Waals surface area contributed by atoms with Gasteiger partial charge in [-0.2, -0.15) is 0 Å². The molecule has 0 amide bonds. The Bertz CT molecular complexity index is 460. The quantitative estimate of drug-likeness (QED) is 0.864. The average molecular weight is 245 g/mol. The van der Waals surface area contributed by atoms with E-state index in [9.17, 15) is 4.79 Å². The number of aromatic amines is 2. The van der Waals surface area contributed by atoms with Crippen LogP contribution in [0.1, 0.15) is 25.7 Å². The van der Waals surface area contributed by atoms with E-state index in [2.05, 4.69) is 19.9 Å². The molecule has 94 valence electrons. The van der Waals surface area contributed by atoms with E-state index in [0.717, 1.165) is 24.7 Å². The number of imidazole rings is 2. The zero-order valence-corrected chi connectivity index (χ0v) is 9.97. The topological polar surface area (TPSA) is 77.7 Å². The van der Waals surface area contributed by atoms with Crippen molar-refractivity contribution < 1.29 is 4.79 Å². The number of Topliss-reactive ketones (excluding diaryl/α,β-unsaturated/α-hetero) is 1. The highest BCUT2D eigenvalue weighted by molar-refractivity contribution is 5.79. The number of nitrogens with zero attached hydrogens (tertiary/aromatic N) is 3. The van der Waals surface area contributed by atoms with Gasteiger partial charge in [-0.25, -0.2) is 9.97 Å². The van der Waals surface area contributed by atoms with Crippen molar-refractivity contribution in [2.45, 2.75) is 31.7 Å². The van der Waals surface area contributed by atoms with Crippen LogP contribution in [0.2, 0.25) is 0 Å². The van der Waals surface area contributed by atoms with Crippen LogP contribution in [0, 0.1) is 0 Å². The predicted octanol–water partition coefficient (Wildman–Crippen LogP) is 1.78. The van der Waals surface area contributed by atoms with Gasteiger partial charge in [0.1, 0.15) is 5.78 Å². The second-order valence-electron chi connectivity index (χ2n) is 4.47. The number of carbonyl (C=O) groups is 1. The van der Waals surface area contributed by atoms with Crippen molar-refractivity contribution in [3.63, 3.8) is 0 Å². The molecule has 2 heterocycles. The smallest absolute Gasteiger partial charge is 0.209 e. The van der Waals surface area contributed by atoms with Crippen LogP contribution in [0.25, 0.3) is 0 Å². The van der Waals surface area contributed by atoms with Gasteiger partial charge in [-0.1, -0.05) is 0 Å². The van der Waals surface area contributed by atoms with Crippen molar-refractivity contribution >= 4 is 17.7 Å². The molecular formula is C12H15N5O. The fourth-order valence-corrected chi connectivity index (χ4v) is 2.41. The monoisotopic (exact) mass is 245 g/mol. The third-order valence-electron chi connectivity index (χ3n) is 3.30. The largest absolute Gasteiger partial charge is 0.331 e. The minimum atomic E-state index is 0.264. The molecule has 6 nitrogen and oxygen atoms in total. The molecule has 0 unspecified atom stereocenters. The SMILES string of the molecule is O=C1CCC(N(c2ncc[nH]2)c2ncc[nH]2)CC1. The van der Waals surface area contributed by atoms with E-state index in [4.69, 9.17) is 0 Å².